The molecule has 1 heterocycles. The zero-order chi connectivity index (χ0) is 9.52. The van der Waals surface area contributed by atoms with E-state index >= 15 is 0 Å². The molecule has 2 N–H and O–H groups in total. The summed E-state index contributed by atoms with van der Waals surface area (Å²) in [5, 5.41) is 12.2. The number of aromatic nitrogens is 2. The molecule has 0 unspecified atom stereocenters. The number of anilines is 1. The molecule has 0 bridgehead atoms. The molecule has 0 aliphatic heterocycles. The molecule has 0 aliphatic carbocycles. The molecule has 13 heavy (non-hydrogen) atoms. The van der Waals surface area contributed by atoms with E-state index in [1.807, 2.05) is 6.07 Å². The minimum atomic E-state index is 0.432. The maximum atomic E-state index is 8.22. The van der Waals surface area contributed by atoms with Gasteiger partial charge in [0.2, 0.25) is 0 Å². The number of nitrogens with zero attached hydrogens (tertiary/aromatic N) is 3. The Bertz CT molecular complexity index is 289. The highest BCUT2D eigenvalue weighted by Crippen LogP contribution is 1.95. The van der Waals surface area contributed by atoms with E-state index < -0.39 is 0 Å². The molecule has 1 aromatic heterocycles. The van der Waals surface area contributed by atoms with Crippen LogP contribution in [0.5, 0.6) is 0 Å². The number of ether oxygens (including phenoxy) is 1. The van der Waals surface area contributed by atoms with Crippen LogP contribution in [0.2, 0.25) is 0 Å². The van der Waals surface area contributed by atoms with Gasteiger partial charge in [0.1, 0.15) is 5.82 Å². The Morgan fingerprint density at radius 3 is 3.08 bits per heavy atom. The van der Waals surface area contributed by atoms with Crippen molar-refractivity contribution in [3.8, 4) is 6.07 Å². The van der Waals surface area contributed by atoms with Gasteiger partial charge in [-0.25, -0.2) is 0 Å². The third kappa shape index (κ3) is 3.58. The first-order chi connectivity index (χ1) is 6.33. The molecule has 0 saturated carbocycles. The average molecular weight is 180 g/mol. The largest absolute Gasteiger partial charge is 0.382 e. The average Bonchev–Trinajstić information content (AvgIpc) is 2.51. The minimum Gasteiger partial charge on any atom is -0.382 e. The molecule has 1 rings (SSSR count). The van der Waals surface area contributed by atoms with Crippen molar-refractivity contribution >= 4 is 5.82 Å². The van der Waals surface area contributed by atoms with Gasteiger partial charge in [-0.2, -0.15) is 10.4 Å². The van der Waals surface area contributed by atoms with E-state index in [9.17, 15) is 0 Å². The van der Waals surface area contributed by atoms with Gasteiger partial charge in [0.15, 0.2) is 0 Å². The SMILES string of the molecule is N#CCCOCCn1ccc(N)n1. The fourth-order valence-electron chi connectivity index (χ4n) is 0.880. The summed E-state index contributed by atoms with van der Waals surface area (Å²) in [7, 11) is 0. The van der Waals surface area contributed by atoms with Crippen LogP contribution in [0.1, 0.15) is 6.42 Å². The van der Waals surface area contributed by atoms with E-state index in [0.717, 1.165) is 0 Å². The summed E-state index contributed by atoms with van der Waals surface area (Å²) in [4.78, 5) is 0. The normalized spacial score (nSPS) is 9.77. The number of nitrogen functional groups attached to an aromatic ring is 1. The van der Waals surface area contributed by atoms with E-state index in [1.165, 1.54) is 0 Å². The summed E-state index contributed by atoms with van der Waals surface area (Å²) >= 11 is 0. The summed E-state index contributed by atoms with van der Waals surface area (Å²) in [6.45, 7) is 1.71. The molecule has 0 radical (unpaired) electrons. The monoisotopic (exact) mass is 180 g/mol. The fraction of sp³-hybridized carbons (Fsp3) is 0.500. The summed E-state index contributed by atoms with van der Waals surface area (Å²) in [5.74, 6) is 0.511. The molecule has 0 fully saturated rings. The molecule has 1 aromatic rings. The van der Waals surface area contributed by atoms with Crippen LogP contribution in [-0.4, -0.2) is 23.0 Å². The predicted molar refractivity (Wildman–Crippen MR) is 47.7 cm³/mol. The van der Waals surface area contributed by atoms with Gasteiger partial charge in [-0.3, -0.25) is 4.68 Å². The van der Waals surface area contributed by atoms with Crippen LogP contribution in [-0.2, 0) is 11.3 Å². The van der Waals surface area contributed by atoms with E-state index in [-0.39, 0.29) is 0 Å². The first kappa shape index (κ1) is 9.55. The number of nitrogens with two attached hydrogens (primary N) is 1. The van der Waals surface area contributed by atoms with Crippen molar-refractivity contribution in [2.24, 2.45) is 0 Å². The van der Waals surface area contributed by atoms with Crippen LogP contribution in [0.4, 0.5) is 5.82 Å². The summed E-state index contributed by atoms with van der Waals surface area (Å²) in [6, 6.07) is 3.73. The van der Waals surface area contributed by atoms with Gasteiger partial charge in [0.25, 0.3) is 0 Å². The zero-order valence-corrected chi connectivity index (χ0v) is 7.31. The minimum absolute atomic E-state index is 0.432. The van der Waals surface area contributed by atoms with Crippen LogP contribution in [0.25, 0.3) is 0 Å². The van der Waals surface area contributed by atoms with Crippen molar-refractivity contribution in [1.29, 1.82) is 5.26 Å². The second-order valence-corrected chi connectivity index (χ2v) is 2.52. The van der Waals surface area contributed by atoms with Crippen molar-refractivity contribution in [2.75, 3.05) is 18.9 Å². The van der Waals surface area contributed by atoms with Crippen LogP contribution in [0.15, 0.2) is 12.3 Å². The molecule has 5 nitrogen and oxygen atoms in total. The molecule has 70 valence electrons. The van der Waals surface area contributed by atoms with Gasteiger partial charge < -0.3 is 10.5 Å². The zero-order valence-electron chi connectivity index (χ0n) is 7.31. The lowest BCUT2D eigenvalue weighted by molar-refractivity contribution is 0.129. The van der Waals surface area contributed by atoms with Gasteiger partial charge in [0.05, 0.1) is 32.2 Å². The molecule has 0 saturated heterocycles. The Morgan fingerprint density at radius 2 is 2.46 bits per heavy atom. The summed E-state index contributed by atoms with van der Waals surface area (Å²) in [6.07, 6.45) is 2.23. The lowest BCUT2D eigenvalue weighted by Gasteiger charge is -2.01. The van der Waals surface area contributed by atoms with Gasteiger partial charge >= 0.3 is 0 Å². The van der Waals surface area contributed by atoms with Gasteiger partial charge in [0, 0.05) is 6.20 Å². The quantitative estimate of drug-likeness (QED) is 0.665. The lowest BCUT2D eigenvalue weighted by atomic mass is 10.5. The van der Waals surface area contributed by atoms with Gasteiger partial charge in [-0.1, -0.05) is 0 Å². The van der Waals surface area contributed by atoms with Crippen LogP contribution in [0.3, 0.4) is 0 Å². The van der Waals surface area contributed by atoms with Crippen LogP contribution >= 0.6 is 0 Å². The highest BCUT2D eigenvalue weighted by Gasteiger charge is 1.93. The summed E-state index contributed by atoms with van der Waals surface area (Å²) < 4.78 is 6.87. The standard InChI is InChI=1S/C8H12N4O/c9-3-1-6-13-7-5-12-4-2-8(10)11-12/h2,4H,1,5-7H2,(H2,10,11). The maximum absolute atomic E-state index is 8.22. The lowest BCUT2D eigenvalue weighted by Crippen LogP contribution is -2.07. The Morgan fingerprint density at radius 1 is 1.62 bits per heavy atom. The predicted octanol–water partition coefficient (Wildman–Crippen LogP) is 0.396. The van der Waals surface area contributed by atoms with Crippen molar-refractivity contribution in [2.45, 2.75) is 13.0 Å². The first-order valence-corrected chi connectivity index (χ1v) is 4.06. The smallest absolute Gasteiger partial charge is 0.145 e. The Labute approximate surface area is 76.7 Å². The number of hydrogen-bond acceptors (Lipinski definition) is 4. The fourth-order valence-corrected chi connectivity index (χ4v) is 0.880. The second-order valence-electron chi connectivity index (χ2n) is 2.52. The van der Waals surface area contributed by atoms with E-state index in [1.54, 1.807) is 16.9 Å². The maximum Gasteiger partial charge on any atom is 0.145 e. The Kier molecular flexibility index (Phi) is 3.79. The van der Waals surface area contributed by atoms with Crippen LogP contribution < -0.4 is 5.73 Å². The third-order valence-corrected chi connectivity index (χ3v) is 1.48. The molecule has 5 heteroatoms. The van der Waals surface area contributed by atoms with Gasteiger partial charge in [-0.15, -0.1) is 0 Å². The second kappa shape index (κ2) is 5.17. The molecule has 0 amide bonds. The van der Waals surface area contributed by atoms with E-state index in [0.29, 0.717) is 32.0 Å². The topological polar surface area (TPSA) is 76.9 Å². The Balaban J connectivity index is 2.10. The first-order valence-electron chi connectivity index (χ1n) is 4.06. The number of hydrogen-bond donors (Lipinski definition) is 1. The molecule has 0 spiro atoms. The van der Waals surface area contributed by atoms with E-state index in [2.05, 4.69) is 5.10 Å². The highest BCUT2D eigenvalue weighted by atomic mass is 16.5. The number of nitriles is 1. The van der Waals surface area contributed by atoms with Crippen molar-refractivity contribution in [3.05, 3.63) is 12.3 Å². The summed E-state index contributed by atoms with van der Waals surface area (Å²) in [5.41, 5.74) is 5.41. The van der Waals surface area contributed by atoms with Crippen molar-refractivity contribution in [3.63, 3.8) is 0 Å². The van der Waals surface area contributed by atoms with Crippen LogP contribution in [0, 0.1) is 11.3 Å². The molecule has 0 aliphatic rings. The molecule has 0 aromatic carbocycles. The van der Waals surface area contributed by atoms with Crippen molar-refractivity contribution < 1.29 is 4.74 Å². The van der Waals surface area contributed by atoms with Gasteiger partial charge in [-0.05, 0) is 6.07 Å². The van der Waals surface area contributed by atoms with E-state index in [4.69, 9.17) is 15.7 Å². The molecular weight excluding hydrogens is 168 g/mol. The third-order valence-electron chi connectivity index (χ3n) is 1.48. The highest BCUT2D eigenvalue weighted by molar-refractivity contribution is 5.23. The Hall–Kier alpha value is -1.54. The number of rotatable bonds is 5. The molecular formula is C8H12N4O. The molecule has 0 atom stereocenters. The van der Waals surface area contributed by atoms with Crippen molar-refractivity contribution in [1.82, 2.24) is 9.78 Å².